The summed E-state index contributed by atoms with van der Waals surface area (Å²) >= 11 is 8.52. The standard InChI is InChI=1S/C10H17ClIN3/c1-8-9(10(11)15(2)14-8)7-13-6-4-3-5-12/h13H,3-7H2,1-2H3. The van der Waals surface area contributed by atoms with Crippen molar-refractivity contribution < 1.29 is 0 Å². The van der Waals surface area contributed by atoms with Crippen molar-refractivity contribution >= 4 is 34.2 Å². The summed E-state index contributed by atoms with van der Waals surface area (Å²) < 4.78 is 2.95. The van der Waals surface area contributed by atoms with Crippen molar-refractivity contribution in [3.63, 3.8) is 0 Å². The molecule has 1 aromatic rings. The van der Waals surface area contributed by atoms with Gasteiger partial charge in [0.1, 0.15) is 5.15 Å². The summed E-state index contributed by atoms with van der Waals surface area (Å²) in [4.78, 5) is 0. The Morgan fingerprint density at radius 1 is 1.47 bits per heavy atom. The van der Waals surface area contributed by atoms with Crippen LogP contribution in [-0.4, -0.2) is 20.8 Å². The third-order valence-electron chi connectivity index (χ3n) is 2.31. The van der Waals surface area contributed by atoms with Crippen LogP contribution in [0.1, 0.15) is 24.1 Å². The molecule has 5 heteroatoms. The number of alkyl halides is 1. The van der Waals surface area contributed by atoms with E-state index in [-0.39, 0.29) is 0 Å². The highest BCUT2D eigenvalue weighted by Gasteiger charge is 2.09. The number of rotatable bonds is 6. The number of halogens is 2. The summed E-state index contributed by atoms with van der Waals surface area (Å²) in [5.74, 6) is 0. The Morgan fingerprint density at radius 2 is 2.20 bits per heavy atom. The number of hydrogen-bond acceptors (Lipinski definition) is 2. The molecule has 0 aliphatic heterocycles. The Balaban J connectivity index is 2.37. The normalized spacial score (nSPS) is 10.9. The largest absolute Gasteiger partial charge is 0.312 e. The summed E-state index contributed by atoms with van der Waals surface area (Å²) in [6.45, 7) is 3.86. The Labute approximate surface area is 110 Å². The predicted molar refractivity (Wildman–Crippen MR) is 72.8 cm³/mol. The maximum Gasteiger partial charge on any atom is 0.131 e. The van der Waals surface area contributed by atoms with E-state index in [9.17, 15) is 0 Å². The van der Waals surface area contributed by atoms with Crippen molar-refractivity contribution in [3.8, 4) is 0 Å². The lowest BCUT2D eigenvalue weighted by molar-refractivity contribution is 0.644. The van der Waals surface area contributed by atoms with Crippen LogP contribution in [0.2, 0.25) is 5.15 Å². The molecular weight excluding hydrogens is 324 g/mol. The van der Waals surface area contributed by atoms with E-state index in [1.807, 2.05) is 14.0 Å². The van der Waals surface area contributed by atoms with E-state index in [0.717, 1.165) is 29.5 Å². The number of nitrogens with one attached hydrogen (secondary N) is 1. The van der Waals surface area contributed by atoms with Crippen LogP contribution in [0, 0.1) is 6.92 Å². The van der Waals surface area contributed by atoms with Crippen LogP contribution in [0.15, 0.2) is 0 Å². The van der Waals surface area contributed by atoms with Crippen LogP contribution in [0.3, 0.4) is 0 Å². The van der Waals surface area contributed by atoms with Crippen molar-refractivity contribution in [2.45, 2.75) is 26.3 Å². The third-order valence-corrected chi connectivity index (χ3v) is 3.54. The highest BCUT2D eigenvalue weighted by Crippen LogP contribution is 2.17. The van der Waals surface area contributed by atoms with E-state index in [4.69, 9.17) is 11.6 Å². The predicted octanol–water partition coefficient (Wildman–Crippen LogP) is 2.69. The van der Waals surface area contributed by atoms with Gasteiger partial charge < -0.3 is 5.32 Å². The number of unbranched alkanes of at least 4 members (excludes halogenated alkanes) is 1. The Hall–Kier alpha value is 0.190. The highest BCUT2D eigenvalue weighted by atomic mass is 127. The summed E-state index contributed by atoms with van der Waals surface area (Å²) in [6.07, 6.45) is 2.49. The third kappa shape index (κ3) is 3.92. The van der Waals surface area contributed by atoms with Gasteiger partial charge >= 0.3 is 0 Å². The second-order valence-electron chi connectivity index (χ2n) is 3.55. The van der Waals surface area contributed by atoms with Gasteiger partial charge in [-0.3, -0.25) is 4.68 Å². The topological polar surface area (TPSA) is 29.9 Å². The van der Waals surface area contributed by atoms with Gasteiger partial charge in [0.05, 0.1) is 5.69 Å². The summed E-state index contributed by atoms with van der Waals surface area (Å²) in [6, 6.07) is 0. The fourth-order valence-electron chi connectivity index (χ4n) is 1.43. The van der Waals surface area contributed by atoms with Gasteiger partial charge in [0.15, 0.2) is 0 Å². The van der Waals surface area contributed by atoms with Crippen LogP contribution in [0.25, 0.3) is 0 Å². The van der Waals surface area contributed by atoms with Crippen molar-refractivity contribution in [1.29, 1.82) is 0 Å². The zero-order chi connectivity index (χ0) is 11.3. The minimum Gasteiger partial charge on any atom is -0.312 e. The number of nitrogens with zero attached hydrogens (tertiary/aromatic N) is 2. The van der Waals surface area contributed by atoms with Crippen molar-refractivity contribution in [3.05, 3.63) is 16.4 Å². The number of hydrogen-bond donors (Lipinski definition) is 1. The van der Waals surface area contributed by atoms with E-state index in [1.54, 1.807) is 4.68 Å². The monoisotopic (exact) mass is 341 g/mol. The lowest BCUT2D eigenvalue weighted by Gasteiger charge is -2.03. The van der Waals surface area contributed by atoms with Gasteiger partial charge in [-0.15, -0.1) is 0 Å². The molecule has 15 heavy (non-hydrogen) atoms. The molecule has 0 saturated carbocycles. The highest BCUT2D eigenvalue weighted by molar-refractivity contribution is 14.1. The molecule has 0 saturated heterocycles. The fraction of sp³-hybridized carbons (Fsp3) is 0.700. The van der Waals surface area contributed by atoms with Gasteiger partial charge in [0.25, 0.3) is 0 Å². The first-order valence-corrected chi connectivity index (χ1v) is 7.01. The van der Waals surface area contributed by atoms with Gasteiger partial charge in [-0.1, -0.05) is 34.2 Å². The van der Waals surface area contributed by atoms with Gasteiger partial charge in [-0.25, -0.2) is 0 Å². The first-order chi connectivity index (χ1) is 7.16. The molecule has 0 aliphatic carbocycles. The van der Waals surface area contributed by atoms with Crippen LogP contribution in [0.5, 0.6) is 0 Å². The smallest absolute Gasteiger partial charge is 0.131 e. The van der Waals surface area contributed by atoms with Crippen LogP contribution in [-0.2, 0) is 13.6 Å². The quantitative estimate of drug-likeness (QED) is 0.490. The van der Waals surface area contributed by atoms with E-state index in [0.29, 0.717) is 0 Å². The van der Waals surface area contributed by atoms with E-state index < -0.39 is 0 Å². The number of aromatic nitrogens is 2. The Morgan fingerprint density at radius 3 is 2.73 bits per heavy atom. The first-order valence-electron chi connectivity index (χ1n) is 5.11. The lowest BCUT2D eigenvalue weighted by atomic mass is 10.2. The Kier molecular flexibility index (Phi) is 5.92. The average molecular weight is 342 g/mol. The molecule has 86 valence electrons. The molecular formula is C10H17ClIN3. The first kappa shape index (κ1) is 13.3. The second-order valence-corrected chi connectivity index (χ2v) is 4.99. The zero-order valence-electron chi connectivity index (χ0n) is 9.19. The SMILES string of the molecule is Cc1nn(C)c(Cl)c1CNCCCCI. The van der Waals surface area contributed by atoms with Gasteiger partial charge in [-0.05, 0) is 30.7 Å². The fourth-order valence-corrected chi connectivity index (χ4v) is 2.21. The molecule has 1 aromatic heterocycles. The van der Waals surface area contributed by atoms with Crippen LogP contribution >= 0.6 is 34.2 Å². The number of aryl methyl sites for hydroxylation is 2. The molecule has 0 bridgehead atoms. The molecule has 1 heterocycles. The average Bonchev–Trinajstić information content (AvgIpc) is 2.44. The molecule has 0 unspecified atom stereocenters. The van der Waals surface area contributed by atoms with E-state index in [1.165, 1.54) is 17.3 Å². The molecule has 0 atom stereocenters. The zero-order valence-corrected chi connectivity index (χ0v) is 12.1. The summed E-state index contributed by atoms with van der Waals surface area (Å²) in [7, 11) is 1.87. The summed E-state index contributed by atoms with van der Waals surface area (Å²) in [5, 5.41) is 8.40. The van der Waals surface area contributed by atoms with Crippen molar-refractivity contribution in [2.75, 3.05) is 11.0 Å². The van der Waals surface area contributed by atoms with Crippen LogP contribution < -0.4 is 5.32 Å². The molecule has 0 radical (unpaired) electrons. The lowest BCUT2D eigenvalue weighted by Crippen LogP contribution is -2.15. The van der Waals surface area contributed by atoms with E-state index >= 15 is 0 Å². The minimum absolute atomic E-state index is 0.744. The Bertz CT molecular complexity index is 312. The molecule has 1 N–H and O–H groups in total. The van der Waals surface area contributed by atoms with E-state index in [2.05, 4.69) is 33.0 Å². The molecule has 0 fully saturated rings. The molecule has 0 spiro atoms. The van der Waals surface area contributed by atoms with Gasteiger partial charge in [-0.2, -0.15) is 5.10 Å². The molecule has 0 aromatic carbocycles. The van der Waals surface area contributed by atoms with Gasteiger partial charge in [0, 0.05) is 19.2 Å². The van der Waals surface area contributed by atoms with Crippen molar-refractivity contribution in [1.82, 2.24) is 15.1 Å². The van der Waals surface area contributed by atoms with Crippen LogP contribution in [0.4, 0.5) is 0 Å². The van der Waals surface area contributed by atoms with Gasteiger partial charge in [0.2, 0.25) is 0 Å². The second kappa shape index (κ2) is 6.70. The molecule has 0 aliphatic rings. The molecule has 1 rings (SSSR count). The molecule has 3 nitrogen and oxygen atoms in total. The minimum atomic E-state index is 0.744. The van der Waals surface area contributed by atoms with Crippen molar-refractivity contribution in [2.24, 2.45) is 7.05 Å². The maximum atomic E-state index is 6.11. The summed E-state index contributed by atoms with van der Waals surface area (Å²) in [5.41, 5.74) is 2.14. The maximum absolute atomic E-state index is 6.11. The molecule has 0 amide bonds.